The minimum absolute atomic E-state index is 0.637. The van der Waals surface area contributed by atoms with Crippen LogP contribution in [0.25, 0.3) is 0 Å². The van der Waals surface area contributed by atoms with Gasteiger partial charge in [0.2, 0.25) is 0 Å². The monoisotopic (exact) mass is 219 g/mol. The molecule has 2 heterocycles. The number of aromatic nitrogens is 2. The second-order valence-electron chi connectivity index (χ2n) is 4.99. The van der Waals surface area contributed by atoms with Gasteiger partial charge in [-0.1, -0.05) is 0 Å². The molecule has 1 saturated heterocycles. The molecule has 1 aromatic rings. The minimum Gasteiger partial charge on any atom is -0.301 e. The fourth-order valence-electron chi connectivity index (χ4n) is 2.53. The highest BCUT2D eigenvalue weighted by atomic mass is 15.1. The van der Waals surface area contributed by atoms with Crippen LogP contribution in [0.5, 0.6) is 0 Å². The van der Waals surface area contributed by atoms with Crippen LogP contribution in [0.15, 0.2) is 12.5 Å². The van der Waals surface area contributed by atoms with Crippen LogP contribution >= 0.6 is 0 Å². The summed E-state index contributed by atoms with van der Waals surface area (Å²) in [4.78, 5) is 11.1. The van der Waals surface area contributed by atoms with Crippen LogP contribution < -0.4 is 0 Å². The van der Waals surface area contributed by atoms with E-state index in [0.717, 1.165) is 0 Å². The fourth-order valence-corrected chi connectivity index (χ4v) is 2.53. The highest BCUT2D eigenvalue weighted by Gasteiger charge is 2.23. The molecule has 88 valence electrons. The molecule has 1 aliphatic rings. The Morgan fingerprint density at radius 3 is 2.56 bits per heavy atom. The first-order valence-electron chi connectivity index (χ1n) is 6.19. The molecule has 0 saturated carbocycles. The molecule has 3 heteroatoms. The lowest BCUT2D eigenvalue weighted by molar-refractivity contribution is 0.170. The van der Waals surface area contributed by atoms with Crippen molar-refractivity contribution in [3.63, 3.8) is 0 Å². The van der Waals surface area contributed by atoms with Gasteiger partial charge in [-0.2, -0.15) is 0 Å². The number of nitrogens with zero attached hydrogens (tertiary/aromatic N) is 3. The average molecular weight is 219 g/mol. The predicted molar refractivity (Wildman–Crippen MR) is 65.5 cm³/mol. The summed E-state index contributed by atoms with van der Waals surface area (Å²) in [5.41, 5.74) is 2.50. The first kappa shape index (κ1) is 11.5. The Bertz CT molecular complexity index is 341. The lowest BCUT2D eigenvalue weighted by Gasteiger charge is -2.34. The van der Waals surface area contributed by atoms with Gasteiger partial charge < -0.3 is 4.90 Å². The molecular weight excluding hydrogens is 198 g/mol. The normalized spacial score (nSPS) is 19.2. The highest BCUT2D eigenvalue weighted by molar-refractivity contribution is 5.18. The Morgan fingerprint density at radius 2 is 2.00 bits per heavy atom. The summed E-state index contributed by atoms with van der Waals surface area (Å²) in [6.07, 6.45) is 6.07. The zero-order chi connectivity index (χ0) is 11.5. The Kier molecular flexibility index (Phi) is 3.54. The molecule has 16 heavy (non-hydrogen) atoms. The van der Waals surface area contributed by atoms with Crippen LogP contribution in [-0.2, 0) is 0 Å². The first-order valence-corrected chi connectivity index (χ1v) is 6.19. The molecule has 0 unspecified atom stereocenters. The maximum Gasteiger partial charge on any atom is 0.115 e. The number of rotatable bonds is 2. The lowest BCUT2D eigenvalue weighted by Crippen LogP contribution is -2.38. The molecule has 1 aliphatic heterocycles. The molecule has 2 rings (SSSR count). The average Bonchev–Trinajstić information content (AvgIpc) is 2.30. The number of aryl methyl sites for hydroxylation is 1. The van der Waals surface area contributed by atoms with E-state index in [1.807, 2.05) is 6.20 Å². The van der Waals surface area contributed by atoms with Crippen molar-refractivity contribution in [2.24, 2.45) is 0 Å². The maximum absolute atomic E-state index is 4.44. The van der Waals surface area contributed by atoms with Crippen LogP contribution in [0, 0.1) is 6.92 Å². The summed E-state index contributed by atoms with van der Waals surface area (Å²) in [7, 11) is 0. The van der Waals surface area contributed by atoms with Crippen molar-refractivity contribution in [2.75, 3.05) is 13.1 Å². The molecule has 0 aliphatic carbocycles. The Morgan fingerprint density at radius 1 is 1.31 bits per heavy atom. The van der Waals surface area contributed by atoms with E-state index in [2.05, 4.69) is 35.6 Å². The van der Waals surface area contributed by atoms with Crippen molar-refractivity contribution < 1.29 is 0 Å². The van der Waals surface area contributed by atoms with E-state index in [-0.39, 0.29) is 0 Å². The Labute approximate surface area is 97.9 Å². The summed E-state index contributed by atoms with van der Waals surface area (Å²) in [6.45, 7) is 9.06. The molecule has 1 aromatic heterocycles. The molecule has 1 fully saturated rings. The van der Waals surface area contributed by atoms with Crippen LogP contribution in [-0.4, -0.2) is 34.0 Å². The predicted octanol–water partition coefficient (Wildman–Crippen LogP) is 2.37. The lowest BCUT2D eigenvalue weighted by atomic mass is 9.91. The molecule has 0 amide bonds. The SMILES string of the molecule is Cc1cncnc1C1CCN(C(C)C)CC1. The Hall–Kier alpha value is -0.960. The van der Waals surface area contributed by atoms with Gasteiger partial charge in [-0.25, -0.2) is 9.97 Å². The van der Waals surface area contributed by atoms with Crippen LogP contribution in [0.3, 0.4) is 0 Å². The zero-order valence-corrected chi connectivity index (χ0v) is 10.5. The topological polar surface area (TPSA) is 29.0 Å². The molecule has 0 spiro atoms. The van der Waals surface area contributed by atoms with Gasteiger partial charge in [0.25, 0.3) is 0 Å². The van der Waals surface area contributed by atoms with Gasteiger partial charge in [-0.05, 0) is 52.3 Å². The van der Waals surface area contributed by atoms with Gasteiger partial charge in [-0.15, -0.1) is 0 Å². The van der Waals surface area contributed by atoms with Crippen molar-refractivity contribution >= 4 is 0 Å². The standard InChI is InChI=1S/C13H21N3/c1-10(2)16-6-4-12(5-7-16)13-11(3)8-14-9-15-13/h8-10,12H,4-7H2,1-3H3. The number of likely N-dealkylation sites (tertiary alicyclic amines) is 1. The molecule has 0 bridgehead atoms. The van der Waals surface area contributed by atoms with Gasteiger partial charge in [-0.3, -0.25) is 0 Å². The van der Waals surface area contributed by atoms with Gasteiger partial charge >= 0.3 is 0 Å². The first-order chi connectivity index (χ1) is 7.68. The summed E-state index contributed by atoms with van der Waals surface area (Å²) < 4.78 is 0. The third kappa shape index (κ3) is 2.40. The van der Waals surface area contributed by atoms with Crippen LogP contribution in [0.2, 0.25) is 0 Å². The van der Waals surface area contributed by atoms with Crippen molar-refractivity contribution in [1.82, 2.24) is 14.9 Å². The third-order valence-electron chi connectivity index (χ3n) is 3.58. The zero-order valence-electron chi connectivity index (χ0n) is 10.5. The summed E-state index contributed by atoms with van der Waals surface area (Å²) in [5, 5.41) is 0. The Balaban J connectivity index is 2.02. The summed E-state index contributed by atoms with van der Waals surface area (Å²) in [5.74, 6) is 0.637. The van der Waals surface area contributed by atoms with Gasteiger partial charge in [0.1, 0.15) is 6.33 Å². The molecular formula is C13H21N3. The van der Waals surface area contributed by atoms with E-state index in [0.29, 0.717) is 12.0 Å². The number of hydrogen-bond acceptors (Lipinski definition) is 3. The van der Waals surface area contributed by atoms with Crippen LogP contribution in [0.1, 0.15) is 43.9 Å². The van der Waals surface area contributed by atoms with E-state index in [9.17, 15) is 0 Å². The van der Waals surface area contributed by atoms with Crippen molar-refractivity contribution in [3.05, 3.63) is 23.8 Å². The largest absolute Gasteiger partial charge is 0.301 e. The van der Waals surface area contributed by atoms with E-state index >= 15 is 0 Å². The molecule has 0 radical (unpaired) electrons. The third-order valence-corrected chi connectivity index (χ3v) is 3.58. The quantitative estimate of drug-likeness (QED) is 0.764. The van der Waals surface area contributed by atoms with Crippen LogP contribution in [0.4, 0.5) is 0 Å². The minimum atomic E-state index is 0.637. The van der Waals surface area contributed by atoms with Gasteiger partial charge in [0.15, 0.2) is 0 Å². The van der Waals surface area contributed by atoms with E-state index in [1.54, 1.807) is 6.33 Å². The summed E-state index contributed by atoms with van der Waals surface area (Å²) >= 11 is 0. The van der Waals surface area contributed by atoms with E-state index < -0.39 is 0 Å². The molecule has 3 nitrogen and oxygen atoms in total. The van der Waals surface area contributed by atoms with Crippen molar-refractivity contribution in [1.29, 1.82) is 0 Å². The smallest absolute Gasteiger partial charge is 0.115 e. The van der Waals surface area contributed by atoms with Crippen molar-refractivity contribution in [2.45, 2.75) is 45.6 Å². The molecule has 0 aromatic carbocycles. The van der Waals surface area contributed by atoms with E-state index in [1.165, 1.54) is 37.2 Å². The highest BCUT2D eigenvalue weighted by Crippen LogP contribution is 2.28. The number of hydrogen-bond donors (Lipinski definition) is 0. The van der Waals surface area contributed by atoms with Crippen molar-refractivity contribution in [3.8, 4) is 0 Å². The second-order valence-corrected chi connectivity index (χ2v) is 4.99. The number of piperidine rings is 1. The maximum atomic E-state index is 4.44. The van der Waals surface area contributed by atoms with Gasteiger partial charge in [0.05, 0.1) is 0 Å². The fraction of sp³-hybridized carbons (Fsp3) is 0.692. The summed E-state index contributed by atoms with van der Waals surface area (Å²) in [6, 6.07) is 0.674. The molecule has 0 atom stereocenters. The van der Waals surface area contributed by atoms with E-state index in [4.69, 9.17) is 0 Å². The molecule has 0 N–H and O–H groups in total. The van der Waals surface area contributed by atoms with Gasteiger partial charge in [0, 0.05) is 23.9 Å². The second kappa shape index (κ2) is 4.91.